The van der Waals surface area contributed by atoms with E-state index in [-0.39, 0.29) is 25.2 Å². The van der Waals surface area contributed by atoms with E-state index in [1.165, 1.54) is 77.0 Å². The molecule has 0 aliphatic heterocycles. The Morgan fingerprint density at radius 3 is 1.54 bits per heavy atom. The first-order valence-corrected chi connectivity index (χ1v) is 14.7. The third kappa shape index (κ3) is 25.5. The van der Waals surface area contributed by atoms with Crippen molar-refractivity contribution in [3.05, 3.63) is 12.2 Å². The number of aliphatic hydroxyl groups excluding tert-OH is 1. The van der Waals surface area contributed by atoms with Gasteiger partial charge in [0, 0.05) is 12.8 Å². The van der Waals surface area contributed by atoms with Gasteiger partial charge in [0.25, 0.3) is 0 Å². The Bertz CT molecular complexity index is 503. The Balaban J connectivity index is 3.60. The summed E-state index contributed by atoms with van der Waals surface area (Å²) in [6.45, 7) is 4.05. The maximum Gasteiger partial charge on any atom is 0.306 e. The Morgan fingerprint density at radius 2 is 1.06 bits per heavy atom. The van der Waals surface area contributed by atoms with Crippen LogP contribution in [0.2, 0.25) is 0 Å². The summed E-state index contributed by atoms with van der Waals surface area (Å²) >= 11 is 0. The number of unbranched alkanes of at least 4 members (excludes halogenated alkanes) is 16. The topological polar surface area (TPSA) is 72.8 Å². The predicted molar refractivity (Wildman–Crippen MR) is 145 cm³/mol. The van der Waals surface area contributed by atoms with Crippen LogP contribution in [0.4, 0.5) is 0 Å². The molecule has 0 aromatic carbocycles. The molecule has 0 aromatic rings. The summed E-state index contributed by atoms with van der Waals surface area (Å²) in [6.07, 6.45) is 27.0. The van der Waals surface area contributed by atoms with Crippen molar-refractivity contribution < 1.29 is 24.2 Å². The number of esters is 2. The fraction of sp³-hybridized carbons (Fsp3) is 0.867. The van der Waals surface area contributed by atoms with Gasteiger partial charge in [-0.1, -0.05) is 109 Å². The molecule has 1 N–H and O–H groups in total. The van der Waals surface area contributed by atoms with E-state index in [2.05, 4.69) is 26.0 Å². The number of hydrogen-bond acceptors (Lipinski definition) is 5. The minimum Gasteiger partial charge on any atom is -0.462 e. The van der Waals surface area contributed by atoms with E-state index >= 15 is 0 Å². The molecule has 206 valence electrons. The number of allylic oxidation sites excluding steroid dienone is 2. The minimum absolute atomic E-state index is 0.0656. The lowest BCUT2D eigenvalue weighted by Crippen LogP contribution is -2.28. The molecule has 0 radical (unpaired) electrons. The summed E-state index contributed by atoms with van der Waals surface area (Å²) in [5.41, 5.74) is 0. The summed E-state index contributed by atoms with van der Waals surface area (Å²) in [7, 11) is 0. The number of carbonyl (C=O) groups is 2. The van der Waals surface area contributed by atoms with Gasteiger partial charge < -0.3 is 14.6 Å². The van der Waals surface area contributed by atoms with Crippen molar-refractivity contribution in [3.8, 4) is 0 Å². The van der Waals surface area contributed by atoms with Crippen molar-refractivity contribution in [1.82, 2.24) is 0 Å². The molecule has 5 heteroatoms. The molecule has 35 heavy (non-hydrogen) atoms. The van der Waals surface area contributed by atoms with Crippen molar-refractivity contribution in [1.29, 1.82) is 0 Å². The number of rotatable bonds is 26. The normalized spacial score (nSPS) is 12.2. The van der Waals surface area contributed by atoms with Gasteiger partial charge in [0.2, 0.25) is 0 Å². The van der Waals surface area contributed by atoms with Crippen LogP contribution in [0.1, 0.15) is 149 Å². The lowest BCUT2D eigenvalue weighted by molar-refractivity contribution is -0.161. The van der Waals surface area contributed by atoms with Crippen molar-refractivity contribution in [2.45, 2.75) is 155 Å². The molecule has 0 aromatic heterocycles. The van der Waals surface area contributed by atoms with Gasteiger partial charge in [-0.15, -0.1) is 0 Å². The van der Waals surface area contributed by atoms with Crippen molar-refractivity contribution in [3.63, 3.8) is 0 Å². The molecular weight excluding hydrogens is 440 g/mol. The monoisotopic (exact) mass is 496 g/mol. The second kappa shape index (κ2) is 27.2. The Morgan fingerprint density at radius 1 is 0.629 bits per heavy atom. The van der Waals surface area contributed by atoms with Gasteiger partial charge in [0.15, 0.2) is 6.10 Å². The molecule has 0 aliphatic rings. The molecule has 1 atom stereocenters. The number of hydrogen-bond donors (Lipinski definition) is 1. The maximum absolute atomic E-state index is 12.0. The first kappa shape index (κ1) is 33.6. The lowest BCUT2D eigenvalue weighted by Gasteiger charge is -2.15. The molecule has 5 nitrogen and oxygen atoms in total. The molecule has 0 aliphatic carbocycles. The molecule has 0 spiro atoms. The molecule has 0 unspecified atom stereocenters. The predicted octanol–water partition coefficient (Wildman–Crippen LogP) is 8.22. The molecular formula is C30H56O5. The van der Waals surface area contributed by atoms with E-state index in [1.54, 1.807) is 0 Å². The summed E-state index contributed by atoms with van der Waals surface area (Å²) in [4.78, 5) is 23.9. The summed E-state index contributed by atoms with van der Waals surface area (Å²) in [6, 6.07) is 0. The van der Waals surface area contributed by atoms with E-state index in [0.29, 0.717) is 12.8 Å². The SMILES string of the molecule is CCCCCCC/C=C/CCCCCCCC(=O)O[C@@H](CO)COC(=O)CCCCCCCCC. The quantitative estimate of drug-likeness (QED) is 0.0741. The van der Waals surface area contributed by atoms with Crippen LogP contribution < -0.4 is 0 Å². The average molecular weight is 497 g/mol. The number of ether oxygens (including phenoxy) is 2. The summed E-state index contributed by atoms with van der Waals surface area (Å²) < 4.78 is 10.5. The Hall–Kier alpha value is -1.36. The van der Waals surface area contributed by atoms with E-state index in [1.807, 2.05) is 0 Å². The zero-order valence-electron chi connectivity index (χ0n) is 23.1. The Labute approximate surface area is 216 Å². The van der Waals surface area contributed by atoms with Gasteiger partial charge in [0.05, 0.1) is 6.61 Å². The van der Waals surface area contributed by atoms with Crippen LogP contribution in [-0.4, -0.2) is 36.4 Å². The molecule has 0 fully saturated rings. The van der Waals surface area contributed by atoms with Crippen molar-refractivity contribution >= 4 is 11.9 Å². The van der Waals surface area contributed by atoms with Crippen LogP contribution in [0.15, 0.2) is 12.2 Å². The van der Waals surface area contributed by atoms with Crippen LogP contribution in [0.25, 0.3) is 0 Å². The van der Waals surface area contributed by atoms with Crippen molar-refractivity contribution in [2.75, 3.05) is 13.2 Å². The molecule has 0 amide bonds. The summed E-state index contributed by atoms with van der Waals surface area (Å²) in [5, 5.41) is 9.43. The molecule has 0 saturated carbocycles. The van der Waals surface area contributed by atoms with Gasteiger partial charge in [0.1, 0.15) is 6.61 Å². The van der Waals surface area contributed by atoms with Crippen LogP contribution >= 0.6 is 0 Å². The molecule has 0 saturated heterocycles. The van der Waals surface area contributed by atoms with E-state index < -0.39 is 6.10 Å². The zero-order chi connectivity index (χ0) is 25.8. The molecule has 0 bridgehead atoms. The highest BCUT2D eigenvalue weighted by molar-refractivity contribution is 5.70. The highest BCUT2D eigenvalue weighted by Crippen LogP contribution is 2.11. The van der Waals surface area contributed by atoms with Crippen LogP contribution in [0.3, 0.4) is 0 Å². The maximum atomic E-state index is 12.0. The minimum atomic E-state index is -0.765. The van der Waals surface area contributed by atoms with Gasteiger partial charge in [-0.25, -0.2) is 0 Å². The van der Waals surface area contributed by atoms with E-state index in [9.17, 15) is 14.7 Å². The number of aliphatic hydroxyl groups is 1. The smallest absolute Gasteiger partial charge is 0.306 e. The second-order valence-electron chi connectivity index (χ2n) is 9.83. The van der Waals surface area contributed by atoms with Crippen LogP contribution in [-0.2, 0) is 19.1 Å². The standard InChI is InChI=1S/C30H56O5/c1-3-5-7-9-11-12-13-14-15-16-17-19-21-23-25-30(33)35-28(26-31)27-34-29(32)24-22-20-18-10-8-6-4-2/h13-14,28,31H,3-12,15-27H2,1-2H3/b14-13+/t28-/m0/s1. The van der Waals surface area contributed by atoms with Gasteiger partial charge in [-0.3, -0.25) is 9.59 Å². The third-order valence-corrected chi connectivity index (χ3v) is 6.31. The first-order valence-electron chi connectivity index (χ1n) is 14.7. The van der Waals surface area contributed by atoms with Gasteiger partial charge in [-0.05, 0) is 38.5 Å². The van der Waals surface area contributed by atoms with E-state index in [4.69, 9.17) is 9.47 Å². The largest absolute Gasteiger partial charge is 0.462 e. The third-order valence-electron chi connectivity index (χ3n) is 6.31. The van der Waals surface area contributed by atoms with Crippen LogP contribution in [0.5, 0.6) is 0 Å². The lowest BCUT2D eigenvalue weighted by atomic mass is 10.1. The zero-order valence-corrected chi connectivity index (χ0v) is 23.1. The first-order chi connectivity index (χ1) is 17.1. The molecule has 0 rings (SSSR count). The van der Waals surface area contributed by atoms with Crippen molar-refractivity contribution in [2.24, 2.45) is 0 Å². The summed E-state index contributed by atoms with van der Waals surface area (Å²) in [5.74, 6) is -0.607. The van der Waals surface area contributed by atoms with E-state index in [0.717, 1.165) is 44.9 Å². The van der Waals surface area contributed by atoms with Gasteiger partial charge in [-0.2, -0.15) is 0 Å². The highest BCUT2D eigenvalue weighted by atomic mass is 16.6. The number of carbonyl (C=O) groups excluding carboxylic acids is 2. The molecule has 0 heterocycles. The van der Waals surface area contributed by atoms with Gasteiger partial charge >= 0.3 is 11.9 Å². The fourth-order valence-electron chi connectivity index (χ4n) is 4.02. The second-order valence-corrected chi connectivity index (χ2v) is 9.83. The average Bonchev–Trinajstić information content (AvgIpc) is 2.86. The Kier molecular flexibility index (Phi) is 26.2. The highest BCUT2D eigenvalue weighted by Gasteiger charge is 2.16. The fourth-order valence-corrected chi connectivity index (χ4v) is 4.02. The van der Waals surface area contributed by atoms with Crippen LogP contribution in [0, 0.1) is 0 Å².